The van der Waals surface area contributed by atoms with Crippen LogP contribution in [0.2, 0.25) is 5.02 Å². The number of nitrogens with zero attached hydrogens (tertiary/aromatic N) is 1. The highest BCUT2D eigenvalue weighted by Gasteiger charge is 2.11. The third kappa shape index (κ3) is 2.04. The average Bonchev–Trinajstić information content (AvgIpc) is 1.97. The number of halogens is 3. The van der Waals surface area contributed by atoms with Crippen LogP contribution in [0.3, 0.4) is 0 Å². The van der Waals surface area contributed by atoms with E-state index < -0.39 is 6.61 Å². The molecule has 0 saturated heterocycles. The summed E-state index contributed by atoms with van der Waals surface area (Å²) < 4.78 is 27.7. The van der Waals surface area contributed by atoms with Gasteiger partial charge in [0.1, 0.15) is 0 Å². The van der Waals surface area contributed by atoms with Crippen molar-refractivity contribution in [1.82, 2.24) is 4.98 Å². The normalized spacial score (nSPS) is 10.4. The molecule has 0 saturated carbocycles. The molecule has 0 aromatic carbocycles. The van der Waals surface area contributed by atoms with Crippen molar-refractivity contribution in [3.8, 4) is 5.75 Å². The molecule has 0 aliphatic heterocycles. The second-order valence-corrected chi connectivity index (χ2v) is 2.49. The number of aromatic nitrogens is 1. The zero-order chi connectivity index (χ0) is 9.14. The molecule has 0 radical (unpaired) electrons. The largest absolute Gasteiger partial charge is 0.431 e. The van der Waals surface area contributed by atoms with Gasteiger partial charge in [-0.15, -0.1) is 0 Å². The maximum Gasteiger partial charge on any atom is 0.387 e. The van der Waals surface area contributed by atoms with E-state index >= 15 is 0 Å². The Kier molecular flexibility index (Phi) is 2.81. The van der Waals surface area contributed by atoms with Crippen LogP contribution in [0.15, 0.2) is 12.3 Å². The molecule has 0 atom stereocenters. The van der Waals surface area contributed by atoms with Crippen LogP contribution in [-0.4, -0.2) is 11.6 Å². The Bertz CT molecular complexity index is 260. The van der Waals surface area contributed by atoms with E-state index in [1.165, 1.54) is 12.3 Å². The molecule has 1 rings (SSSR count). The number of hydrogen-bond acceptors (Lipinski definition) is 2. The standard InChI is InChI=1S/C7H6ClF2NO/c1-4-6(12-7(9)10)5(8)2-3-11-4/h2-3,7H,1H3. The molecule has 0 bridgehead atoms. The molecule has 0 aliphatic carbocycles. The highest BCUT2D eigenvalue weighted by atomic mass is 35.5. The van der Waals surface area contributed by atoms with Gasteiger partial charge in [-0.25, -0.2) is 0 Å². The molecule has 2 nitrogen and oxygen atoms in total. The van der Waals surface area contributed by atoms with Gasteiger partial charge in [0.05, 0.1) is 10.7 Å². The van der Waals surface area contributed by atoms with Crippen LogP contribution in [0.1, 0.15) is 5.69 Å². The molecular formula is C7H6ClF2NO. The summed E-state index contributed by atoms with van der Waals surface area (Å²) in [5.41, 5.74) is 0.350. The van der Waals surface area contributed by atoms with Gasteiger partial charge in [-0.05, 0) is 13.0 Å². The Labute approximate surface area is 73.1 Å². The molecule has 0 unspecified atom stereocenters. The summed E-state index contributed by atoms with van der Waals surface area (Å²) in [5, 5.41) is 0.141. The van der Waals surface area contributed by atoms with Crippen molar-refractivity contribution in [1.29, 1.82) is 0 Å². The van der Waals surface area contributed by atoms with Crippen molar-refractivity contribution in [2.75, 3.05) is 0 Å². The van der Waals surface area contributed by atoms with Crippen LogP contribution < -0.4 is 4.74 Å². The lowest BCUT2D eigenvalue weighted by Crippen LogP contribution is -2.04. The van der Waals surface area contributed by atoms with Crippen molar-refractivity contribution in [2.24, 2.45) is 0 Å². The Morgan fingerprint density at radius 2 is 2.25 bits per heavy atom. The van der Waals surface area contributed by atoms with Crippen molar-refractivity contribution in [2.45, 2.75) is 13.5 Å². The lowest BCUT2D eigenvalue weighted by molar-refractivity contribution is -0.0504. The highest BCUT2D eigenvalue weighted by Crippen LogP contribution is 2.27. The fourth-order valence-corrected chi connectivity index (χ4v) is 0.990. The smallest absolute Gasteiger partial charge is 0.387 e. The minimum atomic E-state index is -2.87. The quantitative estimate of drug-likeness (QED) is 0.721. The Morgan fingerprint density at radius 1 is 1.58 bits per heavy atom. The molecule has 0 N–H and O–H groups in total. The summed E-state index contributed by atoms with van der Waals surface area (Å²) in [6.45, 7) is -1.32. The summed E-state index contributed by atoms with van der Waals surface area (Å²) in [5.74, 6) is -0.0610. The summed E-state index contributed by atoms with van der Waals surface area (Å²) in [4.78, 5) is 3.75. The number of alkyl halides is 2. The van der Waals surface area contributed by atoms with E-state index in [4.69, 9.17) is 11.6 Å². The minimum absolute atomic E-state index is 0.0610. The van der Waals surface area contributed by atoms with Crippen molar-refractivity contribution >= 4 is 11.6 Å². The third-order valence-corrected chi connectivity index (χ3v) is 1.54. The zero-order valence-corrected chi connectivity index (χ0v) is 6.98. The van der Waals surface area contributed by atoms with Crippen LogP contribution >= 0.6 is 11.6 Å². The Morgan fingerprint density at radius 3 is 2.75 bits per heavy atom. The molecule has 0 spiro atoms. The highest BCUT2D eigenvalue weighted by molar-refractivity contribution is 6.32. The summed E-state index contributed by atoms with van der Waals surface area (Å²) in [6.07, 6.45) is 1.43. The summed E-state index contributed by atoms with van der Waals surface area (Å²) in [7, 11) is 0. The maximum absolute atomic E-state index is 11.8. The number of ether oxygens (including phenoxy) is 1. The first kappa shape index (κ1) is 9.19. The molecular weight excluding hydrogens is 188 g/mol. The molecule has 0 aliphatic rings. The molecule has 12 heavy (non-hydrogen) atoms. The first-order valence-electron chi connectivity index (χ1n) is 3.17. The van der Waals surface area contributed by atoms with Gasteiger partial charge >= 0.3 is 6.61 Å². The lowest BCUT2D eigenvalue weighted by atomic mass is 10.3. The molecule has 1 aromatic rings. The monoisotopic (exact) mass is 193 g/mol. The van der Waals surface area contributed by atoms with Crippen molar-refractivity contribution < 1.29 is 13.5 Å². The number of rotatable bonds is 2. The minimum Gasteiger partial charge on any atom is -0.431 e. The van der Waals surface area contributed by atoms with E-state index in [1.54, 1.807) is 6.92 Å². The molecule has 5 heteroatoms. The second-order valence-electron chi connectivity index (χ2n) is 2.09. The second kappa shape index (κ2) is 3.67. The van der Waals surface area contributed by atoms with Gasteiger partial charge in [0, 0.05) is 6.20 Å². The van der Waals surface area contributed by atoms with E-state index in [2.05, 4.69) is 9.72 Å². The molecule has 1 aromatic heterocycles. The average molecular weight is 194 g/mol. The van der Waals surface area contributed by atoms with E-state index in [-0.39, 0.29) is 10.8 Å². The van der Waals surface area contributed by atoms with Gasteiger partial charge in [-0.2, -0.15) is 8.78 Å². The van der Waals surface area contributed by atoms with E-state index in [0.717, 1.165) is 0 Å². The van der Waals surface area contributed by atoms with Gasteiger partial charge in [0.25, 0.3) is 0 Å². The van der Waals surface area contributed by atoms with Crippen LogP contribution in [0.4, 0.5) is 8.78 Å². The van der Waals surface area contributed by atoms with Crippen LogP contribution in [0.5, 0.6) is 5.75 Å². The van der Waals surface area contributed by atoms with E-state index in [1.807, 2.05) is 0 Å². The van der Waals surface area contributed by atoms with Crippen molar-refractivity contribution in [3.63, 3.8) is 0 Å². The number of hydrogen-bond donors (Lipinski definition) is 0. The number of pyridine rings is 1. The SMILES string of the molecule is Cc1nccc(Cl)c1OC(F)F. The predicted octanol–water partition coefficient (Wildman–Crippen LogP) is 2.64. The molecule has 0 fully saturated rings. The van der Waals surface area contributed by atoms with Crippen LogP contribution in [0, 0.1) is 6.92 Å². The van der Waals surface area contributed by atoms with Gasteiger partial charge in [-0.3, -0.25) is 4.98 Å². The van der Waals surface area contributed by atoms with Crippen molar-refractivity contribution in [3.05, 3.63) is 23.0 Å². The molecule has 66 valence electrons. The maximum atomic E-state index is 11.8. The predicted molar refractivity (Wildman–Crippen MR) is 40.6 cm³/mol. The van der Waals surface area contributed by atoms with Gasteiger partial charge in [-0.1, -0.05) is 11.6 Å². The van der Waals surface area contributed by atoms with Crippen LogP contribution in [-0.2, 0) is 0 Å². The lowest BCUT2D eigenvalue weighted by Gasteiger charge is -2.07. The molecule has 0 amide bonds. The summed E-state index contributed by atoms with van der Waals surface area (Å²) >= 11 is 5.58. The number of aryl methyl sites for hydroxylation is 1. The summed E-state index contributed by atoms with van der Waals surface area (Å²) in [6, 6.07) is 1.40. The van der Waals surface area contributed by atoms with Crippen LogP contribution in [0.25, 0.3) is 0 Å². The first-order valence-corrected chi connectivity index (χ1v) is 3.55. The Balaban J connectivity index is 2.96. The zero-order valence-electron chi connectivity index (χ0n) is 6.22. The molecule has 1 heterocycles. The fourth-order valence-electron chi connectivity index (χ4n) is 0.752. The Hall–Kier alpha value is -0.900. The first-order chi connectivity index (χ1) is 5.61. The fraction of sp³-hybridized carbons (Fsp3) is 0.286. The third-order valence-electron chi connectivity index (χ3n) is 1.24. The van der Waals surface area contributed by atoms with Gasteiger partial charge in [0.2, 0.25) is 0 Å². The van der Waals surface area contributed by atoms with E-state index in [9.17, 15) is 8.78 Å². The van der Waals surface area contributed by atoms with E-state index in [0.29, 0.717) is 5.69 Å². The van der Waals surface area contributed by atoms with Gasteiger partial charge < -0.3 is 4.74 Å². The topological polar surface area (TPSA) is 22.1 Å². The van der Waals surface area contributed by atoms with Gasteiger partial charge in [0.15, 0.2) is 5.75 Å².